The van der Waals surface area contributed by atoms with Gasteiger partial charge in [-0.1, -0.05) is 35.3 Å². The number of hydrogen-bond acceptors (Lipinski definition) is 4. The van der Waals surface area contributed by atoms with Crippen LogP contribution in [0, 0.1) is 0 Å². The SMILES string of the molecule is CCOCCCNCc1ccc(OCc2ccc(Cl)cc2Cl)c(OCC)c1.Cl. The molecule has 0 saturated carbocycles. The number of halogens is 3. The van der Waals surface area contributed by atoms with Gasteiger partial charge in [0.05, 0.1) is 6.61 Å². The van der Waals surface area contributed by atoms with Crippen molar-refractivity contribution in [3.63, 3.8) is 0 Å². The Bertz CT molecular complexity index is 713. The molecule has 0 bridgehead atoms. The minimum absolute atomic E-state index is 0. The maximum Gasteiger partial charge on any atom is 0.161 e. The Morgan fingerprint density at radius 1 is 0.929 bits per heavy atom. The van der Waals surface area contributed by atoms with Crippen molar-refractivity contribution in [3.05, 3.63) is 57.6 Å². The molecule has 0 spiro atoms. The highest BCUT2D eigenvalue weighted by atomic mass is 35.5. The van der Waals surface area contributed by atoms with Crippen molar-refractivity contribution in [3.8, 4) is 11.5 Å². The second-order valence-electron chi connectivity index (χ2n) is 5.97. The molecule has 0 unspecified atom stereocenters. The lowest BCUT2D eigenvalue weighted by molar-refractivity contribution is 0.144. The van der Waals surface area contributed by atoms with Crippen molar-refractivity contribution in [2.75, 3.05) is 26.4 Å². The lowest BCUT2D eigenvalue weighted by Crippen LogP contribution is -2.16. The summed E-state index contributed by atoms with van der Waals surface area (Å²) in [7, 11) is 0. The van der Waals surface area contributed by atoms with Crippen LogP contribution >= 0.6 is 35.6 Å². The Morgan fingerprint density at radius 3 is 2.46 bits per heavy atom. The Labute approximate surface area is 183 Å². The van der Waals surface area contributed by atoms with Gasteiger partial charge in [-0.15, -0.1) is 12.4 Å². The van der Waals surface area contributed by atoms with Crippen LogP contribution in [0.2, 0.25) is 10.0 Å². The number of benzene rings is 2. The Hall–Kier alpha value is -1.17. The quantitative estimate of drug-likeness (QED) is 0.410. The number of rotatable bonds is 12. The van der Waals surface area contributed by atoms with Crippen LogP contribution < -0.4 is 14.8 Å². The van der Waals surface area contributed by atoms with E-state index in [4.69, 9.17) is 37.4 Å². The van der Waals surface area contributed by atoms with Crippen molar-refractivity contribution in [2.45, 2.75) is 33.4 Å². The van der Waals surface area contributed by atoms with Crippen LogP contribution in [0.15, 0.2) is 36.4 Å². The van der Waals surface area contributed by atoms with Crippen LogP contribution in [0.1, 0.15) is 31.4 Å². The topological polar surface area (TPSA) is 39.7 Å². The fourth-order valence-electron chi connectivity index (χ4n) is 2.52. The first kappa shape index (κ1) is 24.9. The average molecular weight is 449 g/mol. The van der Waals surface area contributed by atoms with Gasteiger partial charge in [-0.05, 0) is 56.6 Å². The molecule has 0 aliphatic carbocycles. The molecule has 0 aromatic heterocycles. The molecule has 2 rings (SSSR count). The molecule has 2 aromatic carbocycles. The van der Waals surface area contributed by atoms with Gasteiger partial charge >= 0.3 is 0 Å². The molecule has 2 aromatic rings. The molecule has 4 nitrogen and oxygen atoms in total. The van der Waals surface area contributed by atoms with Gasteiger partial charge in [0, 0.05) is 35.4 Å². The van der Waals surface area contributed by atoms with E-state index < -0.39 is 0 Å². The van der Waals surface area contributed by atoms with Gasteiger partial charge in [0.25, 0.3) is 0 Å². The average Bonchev–Trinajstić information content (AvgIpc) is 2.65. The monoisotopic (exact) mass is 447 g/mol. The summed E-state index contributed by atoms with van der Waals surface area (Å²) < 4.78 is 17.0. The minimum atomic E-state index is 0. The highest BCUT2D eigenvalue weighted by molar-refractivity contribution is 6.35. The van der Waals surface area contributed by atoms with E-state index in [1.165, 1.54) is 0 Å². The summed E-state index contributed by atoms with van der Waals surface area (Å²) >= 11 is 12.1. The highest BCUT2D eigenvalue weighted by Gasteiger charge is 2.09. The van der Waals surface area contributed by atoms with Gasteiger partial charge in [0.1, 0.15) is 6.61 Å². The van der Waals surface area contributed by atoms with Gasteiger partial charge in [-0.25, -0.2) is 0 Å². The summed E-state index contributed by atoms with van der Waals surface area (Å²) in [6.45, 7) is 8.13. The summed E-state index contributed by atoms with van der Waals surface area (Å²) in [6.07, 6.45) is 0.995. The molecular weight excluding hydrogens is 421 g/mol. The van der Waals surface area contributed by atoms with E-state index in [2.05, 4.69) is 5.32 Å². The van der Waals surface area contributed by atoms with Crippen LogP contribution in [-0.4, -0.2) is 26.4 Å². The fraction of sp³-hybridized carbons (Fsp3) is 0.429. The van der Waals surface area contributed by atoms with E-state index in [0.717, 1.165) is 49.6 Å². The highest BCUT2D eigenvalue weighted by Crippen LogP contribution is 2.30. The molecule has 0 aliphatic heterocycles. The second-order valence-corrected chi connectivity index (χ2v) is 6.81. The molecule has 0 radical (unpaired) electrons. The lowest BCUT2D eigenvalue weighted by atomic mass is 10.2. The summed E-state index contributed by atoms with van der Waals surface area (Å²) in [6, 6.07) is 11.4. The maximum absolute atomic E-state index is 6.21. The van der Waals surface area contributed by atoms with E-state index in [9.17, 15) is 0 Å². The zero-order valence-corrected chi connectivity index (χ0v) is 18.6. The zero-order chi connectivity index (χ0) is 19.5. The van der Waals surface area contributed by atoms with E-state index in [-0.39, 0.29) is 12.4 Å². The Balaban J connectivity index is 0.00000392. The third-order valence-electron chi connectivity index (χ3n) is 3.88. The van der Waals surface area contributed by atoms with Crippen molar-refractivity contribution in [2.24, 2.45) is 0 Å². The van der Waals surface area contributed by atoms with Gasteiger partial charge in [-0.3, -0.25) is 0 Å². The van der Waals surface area contributed by atoms with Crippen LogP contribution in [0.5, 0.6) is 11.5 Å². The Kier molecular flexibility index (Phi) is 12.4. The first-order chi connectivity index (χ1) is 13.1. The molecule has 1 N–H and O–H groups in total. The van der Waals surface area contributed by atoms with Gasteiger partial charge < -0.3 is 19.5 Å². The smallest absolute Gasteiger partial charge is 0.161 e. The lowest BCUT2D eigenvalue weighted by Gasteiger charge is -2.14. The van der Waals surface area contributed by atoms with Crippen molar-refractivity contribution >= 4 is 35.6 Å². The number of hydrogen-bond donors (Lipinski definition) is 1. The predicted octanol–water partition coefficient (Wildman–Crippen LogP) is 5.91. The van der Waals surface area contributed by atoms with Crippen LogP contribution in [0.4, 0.5) is 0 Å². The first-order valence-corrected chi connectivity index (χ1v) is 10.0. The molecule has 0 atom stereocenters. The van der Waals surface area contributed by atoms with Crippen molar-refractivity contribution in [1.82, 2.24) is 5.32 Å². The molecule has 0 saturated heterocycles. The van der Waals surface area contributed by atoms with E-state index in [0.29, 0.717) is 29.0 Å². The summed E-state index contributed by atoms with van der Waals surface area (Å²) in [5.74, 6) is 1.43. The van der Waals surface area contributed by atoms with Crippen LogP contribution in [0.25, 0.3) is 0 Å². The van der Waals surface area contributed by atoms with E-state index in [1.807, 2.05) is 38.1 Å². The van der Waals surface area contributed by atoms with E-state index >= 15 is 0 Å². The zero-order valence-electron chi connectivity index (χ0n) is 16.3. The maximum atomic E-state index is 6.21. The summed E-state index contributed by atoms with van der Waals surface area (Å²) in [5.41, 5.74) is 2.02. The third kappa shape index (κ3) is 8.46. The number of nitrogens with one attached hydrogen (secondary N) is 1. The molecular formula is C21H28Cl3NO3. The molecule has 0 heterocycles. The van der Waals surface area contributed by atoms with Crippen molar-refractivity contribution in [1.29, 1.82) is 0 Å². The van der Waals surface area contributed by atoms with Gasteiger partial charge in [0.15, 0.2) is 11.5 Å². The van der Waals surface area contributed by atoms with Crippen molar-refractivity contribution < 1.29 is 14.2 Å². The molecule has 0 aliphatic rings. The molecule has 7 heteroatoms. The first-order valence-electron chi connectivity index (χ1n) is 9.25. The molecule has 0 fully saturated rings. The predicted molar refractivity (Wildman–Crippen MR) is 118 cm³/mol. The Morgan fingerprint density at radius 2 is 1.75 bits per heavy atom. The third-order valence-corrected chi connectivity index (χ3v) is 4.47. The minimum Gasteiger partial charge on any atom is -0.490 e. The van der Waals surface area contributed by atoms with E-state index in [1.54, 1.807) is 12.1 Å². The fourth-order valence-corrected chi connectivity index (χ4v) is 2.98. The van der Waals surface area contributed by atoms with Crippen LogP contribution in [0.3, 0.4) is 0 Å². The molecule has 156 valence electrons. The number of ether oxygens (including phenoxy) is 3. The summed E-state index contributed by atoms with van der Waals surface area (Å²) in [4.78, 5) is 0. The summed E-state index contributed by atoms with van der Waals surface area (Å²) in [5, 5.41) is 4.61. The van der Waals surface area contributed by atoms with Gasteiger partial charge in [-0.2, -0.15) is 0 Å². The largest absolute Gasteiger partial charge is 0.490 e. The molecule has 28 heavy (non-hydrogen) atoms. The van der Waals surface area contributed by atoms with Gasteiger partial charge in [0.2, 0.25) is 0 Å². The molecule has 0 amide bonds. The second kappa shape index (κ2) is 13.9. The normalized spacial score (nSPS) is 10.4. The standard InChI is InChI=1S/C21H27Cl2NO3.ClH/c1-3-25-11-5-10-24-14-16-6-9-20(21(12-16)26-4-2)27-15-17-7-8-18(22)13-19(17)23;/h6-9,12-13,24H,3-5,10-11,14-15H2,1-2H3;1H. The van der Waals surface area contributed by atoms with Crippen LogP contribution in [-0.2, 0) is 17.9 Å².